The lowest BCUT2D eigenvalue weighted by atomic mass is 10.4. The number of carbonyl (C=O) groups excluding carboxylic acids is 1. The van der Waals surface area contributed by atoms with Gasteiger partial charge in [-0.05, 0) is 22.6 Å². The molecule has 0 aliphatic heterocycles. The van der Waals surface area contributed by atoms with Crippen LogP contribution in [-0.2, 0) is 0 Å². The predicted octanol–water partition coefficient (Wildman–Crippen LogP) is 2.07. The zero-order valence-corrected chi connectivity index (χ0v) is 8.09. The molecule has 1 rings (SSSR count). The van der Waals surface area contributed by atoms with Crippen LogP contribution in [-0.4, -0.2) is 11.2 Å². The van der Waals surface area contributed by atoms with E-state index in [4.69, 9.17) is 0 Å². The summed E-state index contributed by atoms with van der Waals surface area (Å²) < 4.78 is 0.537. The number of nitro groups is 1. The maximum Gasteiger partial charge on any atom is 0.294 e. The van der Waals surface area contributed by atoms with Crippen LogP contribution in [0.4, 0.5) is 5.69 Å². The van der Waals surface area contributed by atoms with Crippen molar-refractivity contribution >= 4 is 45.9 Å². The lowest BCUT2D eigenvalue weighted by molar-refractivity contribution is -0.385. The van der Waals surface area contributed by atoms with E-state index in [-0.39, 0.29) is 5.69 Å². The molecule has 0 saturated heterocycles. The second-order valence-electron chi connectivity index (χ2n) is 1.68. The van der Waals surface area contributed by atoms with Crippen molar-refractivity contribution < 1.29 is 9.72 Å². The van der Waals surface area contributed by atoms with Gasteiger partial charge in [0.15, 0.2) is 6.29 Å². The second kappa shape index (κ2) is 3.26. The fourth-order valence-electron chi connectivity index (χ4n) is 0.559. The SMILES string of the molecule is O=Cc1cc([N+](=O)[O-])c(I)s1. The van der Waals surface area contributed by atoms with Crippen molar-refractivity contribution in [2.24, 2.45) is 0 Å². The molecule has 0 aliphatic rings. The monoisotopic (exact) mass is 283 g/mol. The minimum atomic E-state index is -0.495. The molecule has 0 amide bonds. The minimum Gasteiger partial charge on any atom is -0.297 e. The Morgan fingerprint density at radius 1 is 1.73 bits per heavy atom. The molecule has 0 aliphatic carbocycles. The zero-order valence-electron chi connectivity index (χ0n) is 5.11. The van der Waals surface area contributed by atoms with Gasteiger partial charge in [0.25, 0.3) is 5.69 Å². The number of carbonyl (C=O) groups is 1. The highest BCUT2D eigenvalue weighted by Crippen LogP contribution is 2.28. The molecule has 6 heteroatoms. The summed E-state index contributed by atoms with van der Waals surface area (Å²) in [5.74, 6) is 0. The molecule has 0 aromatic carbocycles. The molecule has 0 bridgehead atoms. The van der Waals surface area contributed by atoms with Gasteiger partial charge in [-0.1, -0.05) is 0 Å². The topological polar surface area (TPSA) is 60.2 Å². The lowest BCUT2D eigenvalue weighted by Crippen LogP contribution is -1.85. The average Bonchev–Trinajstić information content (AvgIpc) is 2.30. The number of nitrogens with zero attached hydrogens (tertiary/aromatic N) is 1. The van der Waals surface area contributed by atoms with E-state index in [1.165, 1.54) is 6.07 Å². The average molecular weight is 283 g/mol. The number of hydrogen-bond acceptors (Lipinski definition) is 4. The van der Waals surface area contributed by atoms with Gasteiger partial charge in [0.1, 0.15) is 2.88 Å². The van der Waals surface area contributed by atoms with Gasteiger partial charge in [0.05, 0.1) is 9.80 Å². The van der Waals surface area contributed by atoms with Crippen LogP contribution in [0.1, 0.15) is 9.67 Å². The molecular weight excluding hydrogens is 281 g/mol. The van der Waals surface area contributed by atoms with Crippen LogP contribution in [0.5, 0.6) is 0 Å². The summed E-state index contributed by atoms with van der Waals surface area (Å²) in [7, 11) is 0. The summed E-state index contributed by atoms with van der Waals surface area (Å²) in [6.45, 7) is 0. The molecule has 1 heterocycles. The van der Waals surface area contributed by atoms with Crippen LogP contribution in [0.2, 0.25) is 0 Å². The molecule has 0 unspecified atom stereocenters. The number of halogens is 1. The van der Waals surface area contributed by atoms with E-state index < -0.39 is 4.92 Å². The normalized spacial score (nSPS) is 9.55. The first-order valence-corrected chi connectivity index (χ1v) is 4.43. The van der Waals surface area contributed by atoms with Crippen molar-refractivity contribution in [2.75, 3.05) is 0 Å². The molecule has 1 aromatic heterocycles. The van der Waals surface area contributed by atoms with Crippen LogP contribution in [0.25, 0.3) is 0 Å². The predicted molar refractivity (Wildman–Crippen MR) is 49.1 cm³/mol. The lowest BCUT2D eigenvalue weighted by Gasteiger charge is -1.82. The Morgan fingerprint density at radius 2 is 2.36 bits per heavy atom. The highest BCUT2D eigenvalue weighted by Gasteiger charge is 2.15. The second-order valence-corrected chi connectivity index (χ2v) is 4.58. The molecule has 0 saturated carbocycles. The number of hydrogen-bond donors (Lipinski definition) is 0. The van der Waals surface area contributed by atoms with Crippen molar-refractivity contribution in [3.8, 4) is 0 Å². The molecule has 4 nitrogen and oxygen atoms in total. The quantitative estimate of drug-likeness (QED) is 0.361. The van der Waals surface area contributed by atoms with Gasteiger partial charge >= 0.3 is 0 Å². The first-order valence-electron chi connectivity index (χ1n) is 2.54. The van der Waals surface area contributed by atoms with Gasteiger partial charge in [-0.15, -0.1) is 11.3 Å². The van der Waals surface area contributed by atoms with Crippen molar-refractivity contribution in [1.29, 1.82) is 0 Å². The highest BCUT2D eigenvalue weighted by molar-refractivity contribution is 14.1. The van der Waals surface area contributed by atoms with E-state index in [2.05, 4.69) is 0 Å². The van der Waals surface area contributed by atoms with Crippen LogP contribution in [0.3, 0.4) is 0 Å². The Balaban J connectivity index is 3.16. The number of aldehydes is 1. The number of thiophene rings is 1. The van der Waals surface area contributed by atoms with E-state index in [9.17, 15) is 14.9 Å². The summed E-state index contributed by atoms with van der Waals surface area (Å²) in [6, 6.07) is 1.28. The van der Waals surface area contributed by atoms with Crippen LogP contribution in [0.15, 0.2) is 6.07 Å². The van der Waals surface area contributed by atoms with Crippen molar-refractivity contribution in [3.05, 3.63) is 23.9 Å². The largest absolute Gasteiger partial charge is 0.297 e. The smallest absolute Gasteiger partial charge is 0.294 e. The highest BCUT2D eigenvalue weighted by atomic mass is 127. The molecule has 0 radical (unpaired) electrons. The van der Waals surface area contributed by atoms with Gasteiger partial charge in [-0.3, -0.25) is 14.9 Å². The van der Waals surface area contributed by atoms with E-state index in [0.29, 0.717) is 14.0 Å². The van der Waals surface area contributed by atoms with E-state index in [1.807, 2.05) is 22.6 Å². The van der Waals surface area contributed by atoms with Crippen molar-refractivity contribution in [3.63, 3.8) is 0 Å². The zero-order chi connectivity index (χ0) is 8.43. The third-order valence-electron chi connectivity index (χ3n) is 1.00. The minimum absolute atomic E-state index is 0.0118. The van der Waals surface area contributed by atoms with Crippen molar-refractivity contribution in [2.45, 2.75) is 0 Å². The Labute approximate surface area is 79.5 Å². The molecule has 0 atom stereocenters. The summed E-state index contributed by atoms with van der Waals surface area (Å²) in [5, 5.41) is 10.2. The summed E-state index contributed by atoms with van der Waals surface area (Å²) >= 11 is 2.96. The Kier molecular flexibility index (Phi) is 2.55. The Hall–Kier alpha value is -0.500. The first kappa shape index (κ1) is 8.60. The number of rotatable bonds is 2. The van der Waals surface area contributed by atoms with Gasteiger partial charge in [0.2, 0.25) is 0 Å². The molecular formula is C5H2INO3S. The fraction of sp³-hybridized carbons (Fsp3) is 0. The molecule has 1 aromatic rings. The van der Waals surface area contributed by atoms with E-state index in [0.717, 1.165) is 11.3 Å². The summed E-state index contributed by atoms with van der Waals surface area (Å²) in [6.07, 6.45) is 0.611. The van der Waals surface area contributed by atoms with Gasteiger partial charge in [-0.2, -0.15) is 0 Å². The Morgan fingerprint density at radius 3 is 2.64 bits per heavy atom. The molecule has 0 N–H and O–H groups in total. The summed E-state index contributed by atoms with van der Waals surface area (Å²) in [4.78, 5) is 20.3. The van der Waals surface area contributed by atoms with Gasteiger partial charge in [0, 0.05) is 6.07 Å². The van der Waals surface area contributed by atoms with E-state index >= 15 is 0 Å². The van der Waals surface area contributed by atoms with Crippen LogP contribution >= 0.6 is 33.9 Å². The van der Waals surface area contributed by atoms with Crippen LogP contribution < -0.4 is 0 Å². The maximum atomic E-state index is 10.2. The molecule has 0 fully saturated rings. The van der Waals surface area contributed by atoms with Gasteiger partial charge < -0.3 is 0 Å². The summed E-state index contributed by atoms with van der Waals surface area (Å²) in [5.41, 5.74) is 0.0118. The van der Waals surface area contributed by atoms with E-state index in [1.54, 1.807) is 0 Å². The molecule has 58 valence electrons. The van der Waals surface area contributed by atoms with Gasteiger partial charge in [-0.25, -0.2) is 0 Å². The maximum absolute atomic E-state index is 10.2. The standard InChI is InChI=1S/C5H2INO3S/c6-5-4(7(9)10)1-3(2-8)11-5/h1-2H. The van der Waals surface area contributed by atoms with Crippen LogP contribution in [0, 0.1) is 13.0 Å². The third kappa shape index (κ3) is 1.74. The third-order valence-corrected chi connectivity index (χ3v) is 3.05. The molecule has 0 spiro atoms. The first-order chi connectivity index (χ1) is 5.15. The van der Waals surface area contributed by atoms with Crippen molar-refractivity contribution in [1.82, 2.24) is 0 Å². The molecule has 11 heavy (non-hydrogen) atoms. The fourth-order valence-corrected chi connectivity index (χ4v) is 2.34. The Bertz CT molecular complexity index is 309.